The third-order valence-corrected chi connectivity index (χ3v) is 5.00. The van der Waals surface area contributed by atoms with Gasteiger partial charge in [0.2, 0.25) is 11.8 Å². The van der Waals surface area contributed by atoms with Gasteiger partial charge in [-0.3, -0.25) is 14.5 Å². The van der Waals surface area contributed by atoms with Crippen molar-refractivity contribution in [3.8, 4) is 0 Å². The Morgan fingerprint density at radius 2 is 1.95 bits per heavy atom. The number of hydrogen-bond acceptors (Lipinski definition) is 3. The number of carbonyl (C=O) groups excluding carboxylic acids is 3. The van der Waals surface area contributed by atoms with E-state index in [1.165, 1.54) is 30.6 Å². The van der Waals surface area contributed by atoms with Gasteiger partial charge >= 0.3 is 6.03 Å². The molecule has 21 heavy (non-hydrogen) atoms. The van der Waals surface area contributed by atoms with Crippen LogP contribution in [0.5, 0.6) is 0 Å². The molecule has 3 aliphatic rings. The molecular weight excluding hydrogens is 270 g/mol. The molecule has 1 unspecified atom stereocenters. The van der Waals surface area contributed by atoms with E-state index in [2.05, 4.69) is 5.32 Å². The van der Waals surface area contributed by atoms with E-state index in [1.807, 2.05) is 4.90 Å². The fraction of sp³-hybridized carbons (Fsp3) is 0.800. The van der Waals surface area contributed by atoms with Crippen molar-refractivity contribution < 1.29 is 14.4 Å². The quantitative estimate of drug-likeness (QED) is 0.789. The van der Waals surface area contributed by atoms with Crippen LogP contribution < -0.4 is 5.32 Å². The van der Waals surface area contributed by atoms with Crippen LogP contribution in [-0.2, 0) is 9.59 Å². The zero-order chi connectivity index (χ0) is 14.8. The summed E-state index contributed by atoms with van der Waals surface area (Å²) in [5, 5.41) is 2.54. The smallest absolute Gasteiger partial charge is 0.324 e. The van der Waals surface area contributed by atoms with Crippen molar-refractivity contribution in [1.29, 1.82) is 0 Å². The Kier molecular flexibility index (Phi) is 4.12. The van der Waals surface area contributed by atoms with Gasteiger partial charge in [-0.15, -0.1) is 0 Å². The van der Waals surface area contributed by atoms with Crippen LogP contribution in [0.15, 0.2) is 0 Å². The highest BCUT2D eigenvalue weighted by Gasteiger charge is 2.39. The standard InChI is InChI=1S/C15H23N3O3/c19-13(6-5-11-3-1-2-4-11)17-8-7-12(10-17)18-14(20)9-16-15(18)21/h11-12H,1-10H2,(H,16,21). The third kappa shape index (κ3) is 3.04. The first kappa shape index (κ1) is 14.4. The molecule has 1 aliphatic carbocycles. The van der Waals surface area contributed by atoms with Gasteiger partial charge in [0, 0.05) is 19.5 Å². The van der Waals surface area contributed by atoms with E-state index in [0.717, 1.165) is 12.3 Å². The summed E-state index contributed by atoms with van der Waals surface area (Å²) in [5.74, 6) is 0.722. The molecule has 1 atom stereocenters. The Bertz CT molecular complexity index is 429. The fourth-order valence-corrected chi connectivity index (χ4v) is 3.77. The molecular formula is C15H23N3O3. The Morgan fingerprint density at radius 3 is 2.62 bits per heavy atom. The number of imide groups is 1. The molecule has 0 aromatic rings. The Hall–Kier alpha value is -1.59. The third-order valence-electron chi connectivity index (χ3n) is 5.00. The maximum atomic E-state index is 12.2. The van der Waals surface area contributed by atoms with Gasteiger partial charge in [-0.05, 0) is 18.8 Å². The van der Waals surface area contributed by atoms with Crippen LogP contribution in [0.3, 0.4) is 0 Å². The van der Waals surface area contributed by atoms with Crippen molar-refractivity contribution in [3.05, 3.63) is 0 Å². The van der Waals surface area contributed by atoms with Gasteiger partial charge in [-0.2, -0.15) is 0 Å². The number of nitrogens with one attached hydrogen (secondary N) is 1. The van der Waals surface area contributed by atoms with E-state index < -0.39 is 0 Å². The Balaban J connectivity index is 1.48. The molecule has 2 aliphatic heterocycles. The summed E-state index contributed by atoms with van der Waals surface area (Å²) in [6.45, 7) is 1.25. The second kappa shape index (κ2) is 6.03. The van der Waals surface area contributed by atoms with Crippen molar-refractivity contribution in [1.82, 2.24) is 15.1 Å². The molecule has 0 radical (unpaired) electrons. The average molecular weight is 293 g/mol. The monoisotopic (exact) mass is 293 g/mol. The summed E-state index contributed by atoms with van der Waals surface area (Å²) in [6.07, 6.45) is 7.43. The predicted molar refractivity (Wildman–Crippen MR) is 76.4 cm³/mol. The molecule has 3 fully saturated rings. The van der Waals surface area contributed by atoms with E-state index in [1.54, 1.807) is 0 Å². The van der Waals surface area contributed by atoms with Crippen molar-refractivity contribution in [2.75, 3.05) is 19.6 Å². The lowest BCUT2D eigenvalue weighted by Crippen LogP contribution is -2.42. The Morgan fingerprint density at radius 1 is 1.19 bits per heavy atom. The first-order chi connectivity index (χ1) is 10.1. The maximum Gasteiger partial charge on any atom is 0.324 e. The van der Waals surface area contributed by atoms with Crippen LogP contribution in [0.4, 0.5) is 4.79 Å². The summed E-state index contributed by atoms with van der Waals surface area (Å²) in [7, 11) is 0. The van der Waals surface area contributed by atoms with Gasteiger partial charge in [0.1, 0.15) is 0 Å². The van der Waals surface area contributed by atoms with Crippen LogP contribution >= 0.6 is 0 Å². The van der Waals surface area contributed by atoms with Gasteiger partial charge in [0.25, 0.3) is 0 Å². The Labute approximate surface area is 124 Å². The van der Waals surface area contributed by atoms with E-state index in [4.69, 9.17) is 0 Å². The highest BCUT2D eigenvalue weighted by atomic mass is 16.2. The number of nitrogens with zero attached hydrogens (tertiary/aromatic N) is 2. The molecule has 0 bridgehead atoms. The fourth-order valence-electron chi connectivity index (χ4n) is 3.77. The van der Waals surface area contributed by atoms with E-state index in [9.17, 15) is 14.4 Å². The predicted octanol–water partition coefficient (Wildman–Crippen LogP) is 1.11. The number of likely N-dealkylation sites (tertiary alicyclic amines) is 1. The van der Waals surface area contributed by atoms with Crippen LogP contribution in [0.25, 0.3) is 0 Å². The summed E-state index contributed by atoms with van der Waals surface area (Å²) in [6, 6.07) is -0.458. The van der Waals surface area contributed by atoms with Crippen LogP contribution in [0, 0.1) is 5.92 Å². The molecule has 6 nitrogen and oxygen atoms in total. The molecule has 0 aromatic carbocycles. The van der Waals surface area contributed by atoms with E-state index >= 15 is 0 Å². The van der Waals surface area contributed by atoms with Gasteiger partial charge in [-0.25, -0.2) is 4.79 Å². The van der Waals surface area contributed by atoms with Crippen molar-refractivity contribution >= 4 is 17.8 Å². The minimum atomic E-state index is -0.315. The zero-order valence-corrected chi connectivity index (χ0v) is 12.3. The molecule has 4 amide bonds. The molecule has 0 spiro atoms. The van der Waals surface area contributed by atoms with Crippen molar-refractivity contribution in [2.24, 2.45) is 5.92 Å². The second-order valence-corrected chi connectivity index (χ2v) is 6.39. The van der Waals surface area contributed by atoms with Crippen LogP contribution in [0.2, 0.25) is 0 Å². The topological polar surface area (TPSA) is 69.7 Å². The van der Waals surface area contributed by atoms with Crippen LogP contribution in [-0.4, -0.2) is 53.3 Å². The minimum Gasteiger partial charge on any atom is -0.341 e. The lowest BCUT2D eigenvalue weighted by molar-refractivity contribution is -0.131. The summed E-state index contributed by atoms with van der Waals surface area (Å²) in [4.78, 5) is 38.7. The summed E-state index contributed by atoms with van der Waals surface area (Å²) < 4.78 is 0. The molecule has 116 valence electrons. The number of carbonyl (C=O) groups is 3. The molecule has 1 N–H and O–H groups in total. The summed E-state index contributed by atoms with van der Waals surface area (Å²) in [5.41, 5.74) is 0. The molecule has 6 heteroatoms. The lowest BCUT2D eigenvalue weighted by atomic mass is 10.0. The summed E-state index contributed by atoms with van der Waals surface area (Å²) >= 11 is 0. The number of hydrogen-bond donors (Lipinski definition) is 1. The molecule has 1 saturated carbocycles. The number of amides is 4. The van der Waals surface area contributed by atoms with Gasteiger partial charge in [-0.1, -0.05) is 25.7 Å². The minimum absolute atomic E-state index is 0.0883. The largest absolute Gasteiger partial charge is 0.341 e. The molecule has 2 heterocycles. The SMILES string of the molecule is O=C(CCC1CCCC1)N1CCC(N2C(=O)CNC2=O)C1. The van der Waals surface area contributed by atoms with Gasteiger partial charge in [0.05, 0.1) is 12.6 Å². The van der Waals surface area contributed by atoms with Crippen LogP contribution in [0.1, 0.15) is 44.9 Å². The van der Waals surface area contributed by atoms with E-state index in [-0.39, 0.29) is 30.4 Å². The van der Waals surface area contributed by atoms with Gasteiger partial charge in [0.15, 0.2) is 0 Å². The number of urea groups is 1. The van der Waals surface area contributed by atoms with Crippen molar-refractivity contribution in [3.63, 3.8) is 0 Å². The molecule has 3 rings (SSSR count). The first-order valence-corrected chi connectivity index (χ1v) is 8.03. The number of rotatable bonds is 4. The maximum absolute atomic E-state index is 12.2. The highest BCUT2D eigenvalue weighted by molar-refractivity contribution is 6.02. The average Bonchev–Trinajstić information content (AvgIpc) is 3.18. The second-order valence-electron chi connectivity index (χ2n) is 6.39. The first-order valence-electron chi connectivity index (χ1n) is 8.03. The van der Waals surface area contributed by atoms with Crippen molar-refractivity contribution in [2.45, 2.75) is 51.0 Å². The zero-order valence-electron chi connectivity index (χ0n) is 12.3. The van der Waals surface area contributed by atoms with Gasteiger partial charge < -0.3 is 10.2 Å². The molecule has 2 saturated heterocycles. The highest BCUT2D eigenvalue weighted by Crippen LogP contribution is 2.29. The normalized spacial score (nSPS) is 26.8. The van der Waals surface area contributed by atoms with E-state index in [0.29, 0.717) is 25.9 Å². The molecule has 0 aromatic heterocycles. The lowest BCUT2D eigenvalue weighted by Gasteiger charge is -2.22.